The van der Waals surface area contributed by atoms with E-state index < -0.39 is 0 Å². The molecule has 1 aliphatic rings. The first-order chi connectivity index (χ1) is 11.2. The van der Waals surface area contributed by atoms with Gasteiger partial charge in [0.15, 0.2) is 0 Å². The molecule has 1 aromatic heterocycles. The molecule has 1 aliphatic heterocycles. The van der Waals surface area contributed by atoms with E-state index in [-0.39, 0.29) is 30.9 Å². The lowest BCUT2D eigenvalue weighted by Crippen LogP contribution is -2.33. The van der Waals surface area contributed by atoms with Crippen LogP contribution < -0.4 is 0 Å². The molecule has 2 heterocycles. The van der Waals surface area contributed by atoms with Crippen LogP contribution in [-0.2, 0) is 16.0 Å². The van der Waals surface area contributed by atoms with Crippen LogP contribution in [0, 0.1) is 0 Å². The Bertz CT molecular complexity index is 704. The van der Waals surface area contributed by atoms with Crippen molar-refractivity contribution in [3.63, 3.8) is 0 Å². The topological polar surface area (TPSA) is 63.7 Å². The Morgan fingerprint density at radius 3 is 2.35 bits per heavy atom. The number of hydrogen-bond donors (Lipinski definition) is 0. The molecule has 0 bridgehead atoms. The lowest BCUT2D eigenvalue weighted by atomic mass is 10.1. The number of hydrogen-bond acceptors (Lipinski definition) is 5. The van der Waals surface area contributed by atoms with Crippen molar-refractivity contribution in [1.29, 1.82) is 0 Å². The molecule has 3 rings (SSSR count). The third kappa shape index (κ3) is 3.32. The molecule has 2 amide bonds. The number of carbonyl (C=O) groups is 3. The molecule has 0 unspecified atom stereocenters. The first-order valence-corrected chi connectivity index (χ1v) is 8.18. The molecule has 0 fully saturated rings. The third-order valence-electron chi connectivity index (χ3n) is 3.61. The van der Waals surface area contributed by atoms with Crippen molar-refractivity contribution < 1.29 is 19.1 Å². The summed E-state index contributed by atoms with van der Waals surface area (Å²) in [4.78, 5) is 38.2. The van der Waals surface area contributed by atoms with Crippen molar-refractivity contribution in [2.75, 3.05) is 13.2 Å². The zero-order valence-electron chi connectivity index (χ0n) is 12.4. The highest BCUT2D eigenvalue weighted by molar-refractivity contribution is 7.09. The number of carbonyl (C=O) groups excluding carboxylic acids is 3. The number of nitrogens with zero attached hydrogens (tertiary/aromatic N) is 1. The highest BCUT2D eigenvalue weighted by Crippen LogP contribution is 2.21. The predicted octanol–water partition coefficient (Wildman–Crippen LogP) is 2.52. The van der Waals surface area contributed by atoms with Crippen LogP contribution in [0.3, 0.4) is 0 Å². The van der Waals surface area contributed by atoms with Gasteiger partial charge in [0.1, 0.15) is 6.61 Å². The number of benzene rings is 1. The van der Waals surface area contributed by atoms with E-state index in [1.54, 1.807) is 35.6 Å². The third-order valence-corrected chi connectivity index (χ3v) is 4.55. The van der Waals surface area contributed by atoms with E-state index >= 15 is 0 Å². The SMILES string of the molecule is O=C(CCc1cccs1)OCCN1C(=O)c2ccccc2C1=O. The van der Waals surface area contributed by atoms with Gasteiger partial charge in [0.05, 0.1) is 24.1 Å². The van der Waals surface area contributed by atoms with Gasteiger partial charge in [-0.1, -0.05) is 18.2 Å². The fourth-order valence-corrected chi connectivity index (χ4v) is 3.15. The van der Waals surface area contributed by atoms with Crippen molar-refractivity contribution >= 4 is 29.1 Å². The van der Waals surface area contributed by atoms with Gasteiger partial charge in [0, 0.05) is 4.88 Å². The van der Waals surface area contributed by atoms with E-state index in [9.17, 15) is 14.4 Å². The number of rotatable bonds is 6. The van der Waals surface area contributed by atoms with E-state index in [0.717, 1.165) is 9.78 Å². The maximum atomic E-state index is 12.1. The highest BCUT2D eigenvalue weighted by atomic mass is 32.1. The summed E-state index contributed by atoms with van der Waals surface area (Å²) in [5, 5.41) is 1.96. The first-order valence-electron chi connectivity index (χ1n) is 7.30. The van der Waals surface area contributed by atoms with Gasteiger partial charge in [-0.2, -0.15) is 0 Å². The van der Waals surface area contributed by atoms with Gasteiger partial charge in [0.25, 0.3) is 11.8 Å². The zero-order chi connectivity index (χ0) is 16.2. The maximum absolute atomic E-state index is 12.1. The number of thiophene rings is 1. The summed E-state index contributed by atoms with van der Waals surface area (Å²) in [7, 11) is 0. The van der Waals surface area contributed by atoms with Gasteiger partial charge in [-0.3, -0.25) is 19.3 Å². The average Bonchev–Trinajstić information content (AvgIpc) is 3.16. The van der Waals surface area contributed by atoms with Crippen molar-refractivity contribution in [2.24, 2.45) is 0 Å². The summed E-state index contributed by atoms with van der Waals surface area (Å²) in [5.41, 5.74) is 0.808. The van der Waals surface area contributed by atoms with Crippen LogP contribution in [-0.4, -0.2) is 35.8 Å². The second-order valence-electron chi connectivity index (χ2n) is 5.11. The lowest BCUT2D eigenvalue weighted by Gasteiger charge is -2.13. The highest BCUT2D eigenvalue weighted by Gasteiger charge is 2.34. The van der Waals surface area contributed by atoms with E-state index in [0.29, 0.717) is 24.0 Å². The van der Waals surface area contributed by atoms with Crippen LogP contribution in [0.2, 0.25) is 0 Å². The lowest BCUT2D eigenvalue weighted by molar-refractivity contribution is -0.143. The minimum Gasteiger partial charge on any atom is -0.464 e. The summed E-state index contributed by atoms with van der Waals surface area (Å²) >= 11 is 1.60. The second-order valence-corrected chi connectivity index (χ2v) is 6.14. The number of esters is 1. The number of aryl methyl sites for hydroxylation is 1. The molecule has 23 heavy (non-hydrogen) atoms. The number of fused-ring (bicyclic) bond motifs is 1. The van der Waals surface area contributed by atoms with Gasteiger partial charge in [-0.25, -0.2) is 0 Å². The maximum Gasteiger partial charge on any atom is 0.306 e. The van der Waals surface area contributed by atoms with Gasteiger partial charge in [-0.05, 0) is 30.0 Å². The van der Waals surface area contributed by atoms with Crippen LogP contribution in [0.15, 0.2) is 41.8 Å². The largest absolute Gasteiger partial charge is 0.464 e. The van der Waals surface area contributed by atoms with E-state index in [2.05, 4.69) is 0 Å². The molecule has 0 saturated carbocycles. The Morgan fingerprint density at radius 2 is 1.74 bits per heavy atom. The van der Waals surface area contributed by atoms with Crippen LogP contribution in [0.4, 0.5) is 0 Å². The molecule has 0 radical (unpaired) electrons. The summed E-state index contributed by atoms with van der Waals surface area (Å²) in [6.07, 6.45) is 0.937. The van der Waals surface area contributed by atoms with Crippen molar-refractivity contribution in [3.8, 4) is 0 Å². The van der Waals surface area contributed by atoms with Crippen LogP contribution in [0.1, 0.15) is 32.0 Å². The Labute approximate surface area is 137 Å². The molecule has 6 heteroatoms. The van der Waals surface area contributed by atoms with Crippen LogP contribution in [0.25, 0.3) is 0 Å². The van der Waals surface area contributed by atoms with E-state index in [1.807, 2.05) is 17.5 Å². The van der Waals surface area contributed by atoms with Crippen LogP contribution in [0.5, 0.6) is 0 Å². The Hall–Kier alpha value is -2.47. The van der Waals surface area contributed by atoms with E-state index in [4.69, 9.17) is 4.74 Å². The molecule has 118 valence electrons. The smallest absolute Gasteiger partial charge is 0.306 e. The molecule has 5 nitrogen and oxygen atoms in total. The van der Waals surface area contributed by atoms with Gasteiger partial charge in [0.2, 0.25) is 0 Å². The molecule has 0 aliphatic carbocycles. The van der Waals surface area contributed by atoms with Gasteiger partial charge in [-0.15, -0.1) is 11.3 Å². The average molecular weight is 329 g/mol. The number of imide groups is 1. The summed E-state index contributed by atoms with van der Waals surface area (Å²) in [6.45, 7) is 0.103. The predicted molar refractivity (Wildman–Crippen MR) is 85.4 cm³/mol. The summed E-state index contributed by atoms with van der Waals surface area (Å²) in [5.74, 6) is -0.990. The molecule has 0 atom stereocenters. The standard InChI is InChI=1S/C17H15NO4S/c19-15(8-7-12-4-3-11-23-12)22-10-9-18-16(20)13-5-1-2-6-14(13)17(18)21/h1-6,11H,7-10H2. The summed E-state index contributed by atoms with van der Waals surface area (Å²) in [6, 6.07) is 10.6. The zero-order valence-corrected chi connectivity index (χ0v) is 13.2. The molecule has 0 saturated heterocycles. The molecular formula is C17H15NO4S. The molecular weight excluding hydrogens is 314 g/mol. The van der Waals surface area contributed by atoms with Crippen molar-refractivity contribution in [2.45, 2.75) is 12.8 Å². The quantitative estimate of drug-likeness (QED) is 0.603. The fraction of sp³-hybridized carbons (Fsp3) is 0.235. The Kier molecular flexibility index (Phi) is 4.52. The minimum absolute atomic E-state index is 0.0226. The van der Waals surface area contributed by atoms with Crippen molar-refractivity contribution in [3.05, 3.63) is 57.8 Å². The monoisotopic (exact) mass is 329 g/mol. The first kappa shape index (κ1) is 15.4. The summed E-state index contributed by atoms with van der Waals surface area (Å²) < 4.78 is 5.12. The molecule has 0 spiro atoms. The minimum atomic E-state index is -0.333. The van der Waals surface area contributed by atoms with Gasteiger partial charge < -0.3 is 4.74 Å². The fourth-order valence-electron chi connectivity index (χ4n) is 2.45. The number of amides is 2. The molecule has 2 aromatic rings. The number of ether oxygens (including phenoxy) is 1. The molecule has 1 aromatic carbocycles. The second kappa shape index (κ2) is 6.75. The van der Waals surface area contributed by atoms with Crippen molar-refractivity contribution in [1.82, 2.24) is 4.90 Å². The Balaban J connectivity index is 1.47. The van der Waals surface area contributed by atoms with Gasteiger partial charge >= 0.3 is 5.97 Å². The van der Waals surface area contributed by atoms with Crippen LogP contribution >= 0.6 is 11.3 Å². The molecule has 0 N–H and O–H groups in total. The Morgan fingerprint density at radius 1 is 1.04 bits per heavy atom. The normalized spacial score (nSPS) is 13.3. The van der Waals surface area contributed by atoms with E-state index in [1.165, 1.54) is 0 Å².